The predicted octanol–water partition coefficient (Wildman–Crippen LogP) is 5.09. The van der Waals surface area contributed by atoms with Gasteiger partial charge in [0.1, 0.15) is 0 Å². The molecule has 0 aliphatic rings. The highest BCUT2D eigenvalue weighted by Gasteiger charge is 2.11. The van der Waals surface area contributed by atoms with E-state index in [1.54, 1.807) is 29.6 Å². The number of hydrogen-bond donors (Lipinski definition) is 1. The summed E-state index contributed by atoms with van der Waals surface area (Å²) < 4.78 is 1.50. The molecule has 0 aliphatic carbocycles. The maximum Gasteiger partial charge on any atom is 0.272 e. The Morgan fingerprint density at radius 1 is 1.04 bits per heavy atom. The molecule has 1 N–H and O–H groups in total. The lowest BCUT2D eigenvalue weighted by Crippen LogP contribution is -2.15. The van der Waals surface area contributed by atoms with E-state index in [1.807, 2.05) is 24.4 Å². The highest BCUT2D eigenvalue weighted by atomic mass is 32.2. The Hall–Kier alpha value is -2.44. The van der Waals surface area contributed by atoms with E-state index in [4.69, 9.17) is 4.98 Å². The Kier molecular flexibility index (Phi) is 5.36. The first-order valence-electron chi connectivity index (χ1n) is 8.76. The quantitative estimate of drug-likeness (QED) is 0.495. The summed E-state index contributed by atoms with van der Waals surface area (Å²) in [6.45, 7) is 2.10. The predicted molar refractivity (Wildman–Crippen MR) is 114 cm³/mol. The minimum Gasteiger partial charge on any atom is -0.296 e. The van der Waals surface area contributed by atoms with Crippen molar-refractivity contribution in [2.45, 2.75) is 22.5 Å². The van der Waals surface area contributed by atoms with Crippen LogP contribution in [0.1, 0.15) is 12.6 Å². The van der Waals surface area contributed by atoms with Crippen molar-refractivity contribution in [1.82, 2.24) is 14.6 Å². The fourth-order valence-corrected chi connectivity index (χ4v) is 4.25. The molecule has 6 heteroatoms. The van der Waals surface area contributed by atoms with Crippen LogP contribution >= 0.6 is 23.5 Å². The molecule has 0 bridgehead atoms. The number of H-pyrrole nitrogens is 1. The normalized spacial score (nSPS) is 11.1. The monoisotopic (exact) mass is 393 g/mol. The Morgan fingerprint density at radius 2 is 1.78 bits per heavy atom. The summed E-state index contributed by atoms with van der Waals surface area (Å²) in [5, 5.41) is 3.02. The maximum absolute atomic E-state index is 12.3. The van der Waals surface area contributed by atoms with Gasteiger partial charge in [-0.2, -0.15) is 11.8 Å². The van der Waals surface area contributed by atoms with Crippen molar-refractivity contribution < 1.29 is 0 Å². The first-order chi connectivity index (χ1) is 13.2. The number of nitrogens with zero attached hydrogens (tertiary/aromatic N) is 2. The zero-order chi connectivity index (χ0) is 18.6. The van der Waals surface area contributed by atoms with Crippen molar-refractivity contribution in [1.29, 1.82) is 0 Å². The van der Waals surface area contributed by atoms with Gasteiger partial charge in [0.25, 0.3) is 5.56 Å². The molecule has 4 rings (SSSR count). The molecule has 27 heavy (non-hydrogen) atoms. The van der Waals surface area contributed by atoms with E-state index in [2.05, 4.69) is 48.4 Å². The minimum absolute atomic E-state index is 0.0748. The third-order valence-corrected chi connectivity index (χ3v) is 6.07. The lowest BCUT2D eigenvalue weighted by atomic mass is 10.1. The Labute approximate surface area is 166 Å². The lowest BCUT2D eigenvalue weighted by molar-refractivity contribution is 0.888. The number of nitrogens with one attached hydrogen (secondary N) is 1. The van der Waals surface area contributed by atoms with Crippen LogP contribution in [-0.2, 0) is 5.75 Å². The third kappa shape index (κ3) is 3.96. The van der Waals surface area contributed by atoms with E-state index < -0.39 is 0 Å². The second kappa shape index (κ2) is 8.06. The van der Waals surface area contributed by atoms with Gasteiger partial charge in [-0.25, -0.2) is 9.50 Å². The number of aromatic amines is 1. The van der Waals surface area contributed by atoms with Gasteiger partial charge in [-0.15, -0.1) is 0 Å². The van der Waals surface area contributed by atoms with Crippen molar-refractivity contribution >= 4 is 29.2 Å². The van der Waals surface area contributed by atoms with Gasteiger partial charge in [-0.1, -0.05) is 49.0 Å². The molecule has 0 radical (unpaired) electrons. The van der Waals surface area contributed by atoms with E-state index >= 15 is 0 Å². The summed E-state index contributed by atoms with van der Waals surface area (Å²) in [4.78, 5) is 19.4. The summed E-state index contributed by atoms with van der Waals surface area (Å²) in [5.41, 5.74) is 3.40. The van der Waals surface area contributed by atoms with Crippen molar-refractivity contribution in [3.63, 3.8) is 0 Å². The molecule has 0 fully saturated rings. The molecule has 2 heterocycles. The van der Waals surface area contributed by atoms with E-state index in [1.165, 1.54) is 14.3 Å². The van der Waals surface area contributed by atoms with Crippen LogP contribution < -0.4 is 5.56 Å². The number of fused-ring (bicyclic) bond motifs is 1. The molecule has 0 spiro atoms. The highest BCUT2D eigenvalue weighted by molar-refractivity contribution is 7.99. The van der Waals surface area contributed by atoms with E-state index in [0.717, 1.165) is 28.3 Å². The third-order valence-electron chi connectivity index (χ3n) is 4.15. The lowest BCUT2D eigenvalue weighted by Gasteiger charge is -2.04. The van der Waals surface area contributed by atoms with Crippen LogP contribution in [0.25, 0.3) is 16.8 Å². The summed E-state index contributed by atoms with van der Waals surface area (Å²) in [5.74, 6) is 1.75. The van der Waals surface area contributed by atoms with Gasteiger partial charge in [0.05, 0.1) is 5.69 Å². The van der Waals surface area contributed by atoms with Gasteiger partial charge in [0.2, 0.25) is 0 Å². The summed E-state index contributed by atoms with van der Waals surface area (Å²) in [6.07, 6.45) is 1.85. The van der Waals surface area contributed by atoms with Gasteiger partial charge < -0.3 is 0 Å². The molecule has 0 amide bonds. The maximum atomic E-state index is 12.3. The molecule has 4 nitrogen and oxygen atoms in total. The van der Waals surface area contributed by atoms with Gasteiger partial charge in [0.15, 0.2) is 5.65 Å². The Balaban J connectivity index is 1.65. The number of rotatable bonds is 6. The topological polar surface area (TPSA) is 50.2 Å². The number of thioether (sulfide) groups is 1. The molecule has 2 aromatic carbocycles. The number of hydrogen-bond acceptors (Lipinski definition) is 4. The van der Waals surface area contributed by atoms with Gasteiger partial charge in [-0.05, 0) is 35.6 Å². The summed E-state index contributed by atoms with van der Waals surface area (Å²) >= 11 is 3.49. The second-order valence-electron chi connectivity index (χ2n) is 6.01. The summed E-state index contributed by atoms with van der Waals surface area (Å²) in [7, 11) is 0. The smallest absolute Gasteiger partial charge is 0.272 e. The molecular weight excluding hydrogens is 374 g/mol. The Bertz CT molecular complexity index is 1100. The molecule has 4 aromatic rings. The number of benzene rings is 2. The highest BCUT2D eigenvalue weighted by Crippen LogP contribution is 2.30. The largest absolute Gasteiger partial charge is 0.296 e. The zero-order valence-electron chi connectivity index (χ0n) is 14.9. The molecule has 2 aromatic heterocycles. The van der Waals surface area contributed by atoms with Crippen LogP contribution in [0.4, 0.5) is 0 Å². The van der Waals surface area contributed by atoms with Crippen LogP contribution in [-0.4, -0.2) is 20.4 Å². The van der Waals surface area contributed by atoms with Crippen molar-refractivity contribution in [3.05, 3.63) is 82.9 Å². The van der Waals surface area contributed by atoms with Crippen LogP contribution in [0.15, 0.2) is 81.4 Å². The van der Waals surface area contributed by atoms with Crippen LogP contribution in [0.5, 0.6) is 0 Å². The fraction of sp³-hybridized carbons (Fsp3) is 0.143. The van der Waals surface area contributed by atoms with Gasteiger partial charge in [0, 0.05) is 33.4 Å². The zero-order valence-corrected chi connectivity index (χ0v) is 16.5. The van der Waals surface area contributed by atoms with Crippen LogP contribution in [0, 0.1) is 0 Å². The fourth-order valence-electron chi connectivity index (χ4n) is 2.85. The van der Waals surface area contributed by atoms with E-state index in [0.29, 0.717) is 5.65 Å². The second-order valence-corrected chi connectivity index (χ2v) is 8.43. The summed E-state index contributed by atoms with van der Waals surface area (Å²) in [6, 6.07) is 20.3. The van der Waals surface area contributed by atoms with E-state index in [-0.39, 0.29) is 5.56 Å². The van der Waals surface area contributed by atoms with Crippen LogP contribution in [0.3, 0.4) is 0 Å². The molecule has 0 saturated heterocycles. The molecule has 0 aliphatic heterocycles. The van der Waals surface area contributed by atoms with Gasteiger partial charge in [-0.3, -0.25) is 9.89 Å². The number of aromatic nitrogens is 3. The minimum atomic E-state index is -0.0748. The molecule has 0 unspecified atom stereocenters. The average molecular weight is 394 g/mol. The van der Waals surface area contributed by atoms with Crippen LogP contribution in [0.2, 0.25) is 0 Å². The van der Waals surface area contributed by atoms with Gasteiger partial charge >= 0.3 is 0 Å². The first-order valence-corrected chi connectivity index (χ1v) is 10.7. The Morgan fingerprint density at radius 3 is 2.52 bits per heavy atom. The average Bonchev–Trinajstić information content (AvgIpc) is 3.12. The van der Waals surface area contributed by atoms with Crippen molar-refractivity contribution in [2.24, 2.45) is 0 Å². The molecular formula is C21H19N3OS2. The molecule has 136 valence electrons. The van der Waals surface area contributed by atoms with E-state index in [9.17, 15) is 4.79 Å². The van der Waals surface area contributed by atoms with Crippen molar-refractivity contribution in [2.75, 3.05) is 5.75 Å². The standard InChI is InChI=1S/C21H19N3OS2/c1-2-26-14-16-12-20(25)24-21(23-16)19(13-22-24)15-8-10-18(11-9-15)27-17-6-4-3-5-7-17/h3-13,22H,2,14H2,1H3. The molecule has 0 saturated carbocycles. The van der Waals surface area contributed by atoms with Crippen molar-refractivity contribution in [3.8, 4) is 11.1 Å². The molecule has 0 atom stereocenters. The first kappa shape index (κ1) is 17.9. The SMILES string of the molecule is CCSCc1cc(=O)n2[nH]cc(-c3ccc(Sc4ccccc4)cc3)c2n1.